The number of nitriles is 1. The van der Waals surface area contributed by atoms with Crippen molar-refractivity contribution in [1.82, 2.24) is 10.2 Å². The fourth-order valence-corrected chi connectivity index (χ4v) is 2.13. The maximum atomic E-state index is 9.07. The molecule has 1 saturated heterocycles. The first-order valence-electron chi connectivity index (χ1n) is 6.46. The molecule has 1 rings (SSSR count). The van der Waals surface area contributed by atoms with Crippen LogP contribution in [-0.4, -0.2) is 50.8 Å². The quantitative estimate of drug-likeness (QED) is 0.757. The molecule has 1 N–H and O–H groups in total. The van der Waals surface area contributed by atoms with Gasteiger partial charge in [0.25, 0.3) is 0 Å². The number of nitrogens with zero attached hydrogens (tertiary/aromatic N) is 2. The van der Waals surface area contributed by atoms with Crippen LogP contribution in [0.4, 0.5) is 0 Å². The number of rotatable bonds is 6. The zero-order chi connectivity index (χ0) is 12.7. The number of nitrogens with one attached hydrogen (secondary N) is 1. The molecule has 0 aromatic carbocycles. The van der Waals surface area contributed by atoms with Gasteiger partial charge < -0.3 is 15.0 Å². The van der Waals surface area contributed by atoms with E-state index in [1.54, 1.807) is 0 Å². The summed E-state index contributed by atoms with van der Waals surface area (Å²) < 4.78 is 5.48. The van der Waals surface area contributed by atoms with E-state index in [-0.39, 0.29) is 0 Å². The summed E-state index contributed by atoms with van der Waals surface area (Å²) in [5.41, 5.74) is -0.405. The Morgan fingerprint density at radius 1 is 1.59 bits per heavy atom. The van der Waals surface area contributed by atoms with E-state index in [9.17, 15) is 0 Å². The Morgan fingerprint density at radius 3 is 2.88 bits per heavy atom. The summed E-state index contributed by atoms with van der Waals surface area (Å²) in [5, 5.41) is 12.1. The number of ether oxygens (including phenoxy) is 1. The van der Waals surface area contributed by atoms with Crippen molar-refractivity contribution in [3.63, 3.8) is 0 Å². The monoisotopic (exact) mass is 239 g/mol. The first-order valence-corrected chi connectivity index (χ1v) is 6.46. The van der Waals surface area contributed by atoms with E-state index in [1.165, 1.54) is 12.8 Å². The predicted molar refractivity (Wildman–Crippen MR) is 68.7 cm³/mol. The van der Waals surface area contributed by atoms with Gasteiger partial charge in [0.15, 0.2) is 0 Å². The van der Waals surface area contributed by atoms with Crippen LogP contribution < -0.4 is 5.32 Å². The SMILES string of the molecule is CNC(C)(C#N)CCN(C)CC1CCCOC1. The Morgan fingerprint density at radius 2 is 2.35 bits per heavy atom. The number of hydrogen-bond donors (Lipinski definition) is 1. The van der Waals surface area contributed by atoms with Crippen LogP contribution in [0.2, 0.25) is 0 Å². The van der Waals surface area contributed by atoms with Gasteiger partial charge in [0.05, 0.1) is 12.7 Å². The van der Waals surface area contributed by atoms with E-state index in [1.807, 2.05) is 14.0 Å². The second-order valence-corrected chi connectivity index (χ2v) is 5.29. The molecule has 4 nitrogen and oxygen atoms in total. The normalized spacial score (nSPS) is 24.3. The van der Waals surface area contributed by atoms with Crippen LogP contribution in [0.5, 0.6) is 0 Å². The Balaban J connectivity index is 2.24. The third kappa shape index (κ3) is 5.03. The fraction of sp³-hybridized carbons (Fsp3) is 0.923. The second-order valence-electron chi connectivity index (χ2n) is 5.29. The molecule has 0 aromatic heterocycles. The van der Waals surface area contributed by atoms with Crippen LogP contribution in [0.3, 0.4) is 0 Å². The minimum atomic E-state index is -0.405. The highest BCUT2D eigenvalue weighted by Gasteiger charge is 2.22. The van der Waals surface area contributed by atoms with E-state index in [0.29, 0.717) is 5.92 Å². The third-order valence-electron chi connectivity index (χ3n) is 3.62. The molecule has 1 aliphatic rings. The summed E-state index contributed by atoms with van der Waals surface area (Å²) in [6.45, 7) is 5.79. The average Bonchev–Trinajstić information content (AvgIpc) is 2.37. The molecule has 1 aliphatic heterocycles. The van der Waals surface area contributed by atoms with Crippen LogP contribution >= 0.6 is 0 Å². The summed E-state index contributed by atoms with van der Waals surface area (Å²) in [5.74, 6) is 0.664. The molecule has 4 heteroatoms. The largest absolute Gasteiger partial charge is 0.381 e. The molecular weight excluding hydrogens is 214 g/mol. The van der Waals surface area contributed by atoms with Crippen LogP contribution in [0.25, 0.3) is 0 Å². The molecule has 0 spiro atoms. The first kappa shape index (κ1) is 14.4. The Bertz CT molecular complexity index is 258. The first-order chi connectivity index (χ1) is 8.09. The van der Waals surface area contributed by atoms with Crippen molar-refractivity contribution in [2.45, 2.75) is 31.7 Å². The lowest BCUT2D eigenvalue weighted by molar-refractivity contribution is 0.0414. The van der Waals surface area contributed by atoms with Gasteiger partial charge >= 0.3 is 0 Å². The van der Waals surface area contributed by atoms with Crippen molar-refractivity contribution >= 4 is 0 Å². The van der Waals surface area contributed by atoms with Gasteiger partial charge in [-0.3, -0.25) is 0 Å². The van der Waals surface area contributed by atoms with Crippen LogP contribution in [0, 0.1) is 17.2 Å². The molecular formula is C13H25N3O. The average molecular weight is 239 g/mol. The van der Waals surface area contributed by atoms with E-state index in [0.717, 1.165) is 32.7 Å². The van der Waals surface area contributed by atoms with Crippen LogP contribution in [0.15, 0.2) is 0 Å². The number of hydrogen-bond acceptors (Lipinski definition) is 4. The molecule has 17 heavy (non-hydrogen) atoms. The van der Waals surface area contributed by atoms with Crippen molar-refractivity contribution in [1.29, 1.82) is 5.26 Å². The van der Waals surface area contributed by atoms with Crippen molar-refractivity contribution < 1.29 is 4.74 Å². The second kappa shape index (κ2) is 6.95. The van der Waals surface area contributed by atoms with Crippen molar-refractivity contribution in [3.05, 3.63) is 0 Å². The molecule has 1 fully saturated rings. The van der Waals surface area contributed by atoms with Gasteiger partial charge in [0.1, 0.15) is 5.54 Å². The standard InChI is InChI=1S/C13H25N3O/c1-13(11-14,15-2)6-7-16(3)9-12-5-4-8-17-10-12/h12,15H,4-10H2,1-3H3. The molecule has 1 heterocycles. The maximum absolute atomic E-state index is 9.07. The highest BCUT2D eigenvalue weighted by atomic mass is 16.5. The van der Waals surface area contributed by atoms with E-state index in [2.05, 4.69) is 23.3 Å². The maximum Gasteiger partial charge on any atom is 0.104 e. The lowest BCUT2D eigenvalue weighted by atomic mass is 9.98. The molecule has 2 atom stereocenters. The molecule has 0 saturated carbocycles. The topological polar surface area (TPSA) is 48.3 Å². The highest BCUT2D eigenvalue weighted by molar-refractivity contribution is 5.03. The van der Waals surface area contributed by atoms with E-state index >= 15 is 0 Å². The molecule has 0 aromatic rings. The Kier molecular flexibility index (Phi) is 5.90. The molecule has 0 radical (unpaired) electrons. The van der Waals surface area contributed by atoms with Gasteiger partial charge in [-0.25, -0.2) is 0 Å². The molecule has 0 aliphatic carbocycles. The minimum absolute atomic E-state index is 0.405. The highest BCUT2D eigenvalue weighted by Crippen LogP contribution is 2.15. The van der Waals surface area contributed by atoms with Gasteiger partial charge in [0.2, 0.25) is 0 Å². The summed E-state index contributed by atoms with van der Waals surface area (Å²) in [4.78, 5) is 2.31. The van der Waals surface area contributed by atoms with Crippen molar-refractivity contribution in [3.8, 4) is 6.07 Å². The smallest absolute Gasteiger partial charge is 0.104 e. The molecule has 0 amide bonds. The molecule has 98 valence electrons. The summed E-state index contributed by atoms with van der Waals surface area (Å²) in [6.07, 6.45) is 3.31. The summed E-state index contributed by atoms with van der Waals surface area (Å²) in [7, 11) is 3.97. The fourth-order valence-electron chi connectivity index (χ4n) is 2.13. The molecule has 0 bridgehead atoms. The van der Waals surface area contributed by atoms with Gasteiger partial charge in [0, 0.05) is 19.7 Å². The minimum Gasteiger partial charge on any atom is -0.381 e. The lowest BCUT2D eigenvalue weighted by Gasteiger charge is -2.29. The molecule has 2 unspecified atom stereocenters. The van der Waals surface area contributed by atoms with Gasteiger partial charge in [-0.2, -0.15) is 5.26 Å². The van der Waals surface area contributed by atoms with Crippen molar-refractivity contribution in [2.24, 2.45) is 5.92 Å². The van der Waals surface area contributed by atoms with Crippen LogP contribution in [0.1, 0.15) is 26.2 Å². The zero-order valence-electron chi connectivity index (χ0n) is 11.3. The third-order valence-corrected chi connectivity index (χ3v) is 3.62. The van der Waals surface area contributed by atoms with Gasteiger partial charge in [-0.1, -0.05) is 0 Å². The zero-order valence-corrected chi connectivity index (χ0v) is 11.3. The van der Waals surface area contributed by atoms with Crippen molar-refractivity contribution in [2.75, 3.05) is 40.4 Å². The lowest BCUT2D eigenvalue weighted by Crippen LogP contribution is -2.42. The predicted octanol–water partition coefficient (Wildman–Crippen LogP) is 1.24. The van der Waals surface area contributed by atoms with Gasteiger partial charge in [-0.15, -0.1) is 0 Å². The Hall–Kier alpha value is -0.630. The van der Waals surface area contributed by atoms with Gasteiger partial charge in [-0.05, 0) is 46.2 Å². The van der Waals surface area contributed by atoms with E-state index < -0.39 is 5.54 Å². The summed E-state index contributed by atoms with van der Waals surface area (Å²) in [6, 6.07) is 2.32. The summed E-state index contributed by atoms with van der Waals surface area (Å²) >= 11 is 0. The van der Waals surface area contributed by atoms with Crippen LogP contribution in [-0.2, 0) is 4.74 Å². The Labute approximate surface area is 105 Å². The van der Waals surface area contributed by atoms with E-state index in [4.69, 9.17) is 10.00 Å².